The van der Waals surface area contributed by atoms with Crippen molar-refractivity contribution in [1.82, 2.24) is 10.1 Å². The predicted molar refractivity (Wildman–Crippen MR) is 75.0 cm³/mol. The molecule has 5 nitrogen and oxygen atoms in total. The molecular formula is C13H22ClN3O2. The van der Waals surface area contributed by atoms with Crippen molar-refractivity contribution in [2.45, 2.75) is 51.1 Å². The van der Waals surface area contributed by atoms with Crippen LogP contribution < -0.4 is 5.73 Å². The first-order valence-corrected chi connectivity index (χ1v) is 6.48. The lowest BCUT2D eigenvalue weighted by Crippen LogP contribution is -2.55. The minimum atomic E-state index is -0.675. The molecule has 0 aromatic carbocycles. The first kappa shape index (κ1) is 16.0. The molecule has 19 heavy (non-hydrogen) atoms. The van der Waals surface area contributed by atoms with Crippen molar-refractivity contribution in [2.24, 2.45) is 5.73 Å². The normalized spacial score (nSPS) is 17.6. The summed E-state index contributed by atoms with van der Waals surface area (Å²) in [6.45, 7) is 2.29. The molecule has 1 amide bonds. The molecule has 1 saturated carbocycles. The lowest BCUT2D eigenvalue weighted by atomic mass is 9.81. The molecule has 1 aromatic rings. The second-order valence-corrected chi connectivity index (χ2v) is 5.31. The molecule has 2 N–H and O–H groups in total. The molecule has 1 heterocycles. The van der Waals surface area contributed by atoms with Crippen molar-refractivity contribution in [3.63, 3.8) is 0 Å². The number of likely N-dealkylation sites (N-methyl/N-ethyl adjacent to an activating group) is 1. The van der Waals surface area contributed by atoms with Crippen molar-refractivity contribution in [3.8, 4) is 0 Å². The van der Waals surface area contributed by atoms with Crippen LogP contribution in [0.2, 0.25) is 0 Å². The summed E-state index contributed by atoms with van der Waals surface area (Å²) in [7, 11) is 1.77. The molecule has 0 bridgehead atoms. The van der Waals surface area contributed by atoms with Crippen LogP contribution in [0.4, 0.5) is 0 Å². The molecule has 108 valence electrons. The van der Waals surface area contributed by atoms with Gasteiger partial charge in [-0.2, -0.15) is 0 Å². The molecule has 0 unspecified atom stereocenters. The van der Waals surface area contributed by atoms with Crippen LogP contribution in [0.25, 0.3) is 0 Å². The number of amides is 1. The Kier molecular flexibility index (Phi) is 5.38. The minimum Gasteiger partial charge on any atom is -0.361 e. The van der Waals surface area contributed by atoms with Crippen LogP contribution in [0, 0.1) is 6.92 Å². The smallest absolute Gasteiger partial charge is 0.242 e. The van der Waals surface area contributed by atoms with E-state index >= 15 is 0 Å². The summed E-state index contributed by atoms with van der Waals surface area (Å²) in [5.41, 5.74) is 6.32. The van der Waals surface area contributed by atoms with Gasteiger partial charge in [-0.15, -0.1) is 12.4 Å². The van der Waals surface area contributed by atoms with Gasteiger partial charge in [0.1, 0.15) is 11.5 Å². The van der Waals surface area contributed by atoms with E-state index in [1.165, 1.54) is 6.42 Å². The Morgan fingerprint density at radius 2 is 2.11 bits per heavy atom. The largest absolute Gasteiger partial charge is 0.361 e. The molecular weight excluding hydrogens is 266 g/mol. The van der Waals surface area contributed by atoms with Gasteiger partial charge in [0.25, 0.3) is 0 Å². The zero-order valence-corrected chi connectivity index (χ0v) is 12.3. The molecule has 0 atom stereocenters. The fraction of sp³-hybridized carbons (Fsp3) is 0.692. The summed E-state index contributed by atoms with van der Waals surface area (Å²) in [4.78, 5) is 14.0. The number of nitrogens with zero attached hydrogens (tertiary/aromatic N) is 2. The lowest BCUT2D eigenvalue weighted by Gasteiger charge is -2.35. The Morgan fingerprint density at radius 3 is 2.63 bits per heavy atom. The van der Waals surface area contributed by atoms with E-state index in [2.05, 4.69) is 5.16 Å². The summed E-state index contributed by atoms with van der Waals surface area (Å²) < 4.78 is 5.00. The van der Waals surface area contributed by atoms with Crippen LogP contribution in [0.5, 0.6) is 0 Å². The third-order valence-corrected chi connectivity index (χ3v) is 3.59. The van der Waals surface area contributed by atoms with Gasteiger partial charge in [0.15, 0.2) is 0 Å². The van der Waals surface area contributed by atoms with Gasteiger partial charge in [-0.05, 0) is 19.8 Å². The number of carbonyl (C=O) groups excluding carboxylic acids is 1. The van der Waals surface area contributed by atoms with Gasteiger partial charge in [0.2, 0.25) is 5.91 Å². The van der Waals surface area contributed by atoms with E-state index in [9.17, 15) is 4.79 Å². The quantitative estimate of drug-likeness (QED) is 0.923. The average molecular weight is 288 g/mol. The molecule has 1 aliphatic rings. The summed E-state index contributed by atoms with van der Waals surface area (Å²) in [6.07, 6.45) is 4.83. The summed E-state index contributed by atoms with van der Waals surface area (Å²) >= 11 is 0. The summed E-state index contributed by atoms with van der Waals surface area (Å²) in [6, 6.07) is 1.84. The maximum absolute atomic E-state index is 12.4. The van der Waals surface area contributed by atoms with Crippen molar-refractivity contribution in [1.29, 1.82) is 0 Å². The highest BCUT2D eigenvalue weighted by Gasteiger charge is 2.37. The van der Waals surface area contributed by atoms with E-state index in [1.807, 2.05) is 13.0 Å². The second-order valence-electron chi connectivity index (χ2n) is 5.31. The SMILES string of the molecule is Cc1cc(CN(C)C(=O)C2(N)CCCCC2)no1.Cl. The molecule has 1 aromatic heterocycles. The molecule has 0 spiro atoms. The predicted octanol–water partition coefficient (Wildman–Crippen LogP) is 2.02. The number of hydrogen-bond donors (Lipinski definition) is 1. The number of aryl methyl sites for hydroxylation is 1. The standard InChI is InChI=1S/C13H21N3O2.ClH/c1-10-8-11(15-18-10)9-16(2)12(17)13(14)6-4-3-5-7-13;/h8H,3-7,9,14H2,1-2H3;1H. The average Bonchev–Trinajstić information content (AvgIpc) is 2.74. The van der Waals surface area contributed by atoms with E-state index in [0.717, 1.165) is 37.1 Å². The van der Waals surface area contributed by atoms with E-state index in [1.54, 1.807) is 11.9 Å². The van der Waals surface area contributed by atoms with Crippen LogP contribution in [0.15, 0.2) is 10.6 Å². The van der Waals surface area contributed by atoms with E-state index in [-0.39, 0.29) is 18.3 Å². The minimum absolute atomic E-state index is 0. The zero-order chi connectivity index (χ0) is 13.2. The highest BCUT2D eigenvalue weighted by molar-refractivity contribution is 5.86. The fourth-order valence-electron chi connectivity index (χ4n) is 2.58. The molecule has 6 heteroatoms. The van der Waals surface area contributed by atoms with Crippen molar-refractivity contribution in [3.05, 3.63) is 17.5 Å². The molecule has 0 aliphatic heterocycles. The van der Waals surface area contributed by atoms with Crippen LogP contribution >= 0.6 is 12.4 Å². The number of halogens is 1. The van der Waals surface area contributed by atoms with Crippen LogP contribution in [0.1, 0.15) is 43.6 Å². The summed E-state index contributed by atoms with van der Waals surface area (Å²) in [5.74, 6) is 0.772. The van der Waals surface area contributed by atoms with Crippen LogP contribution in [0.3, 0.4) is 0 Å². The Bertz CT molecular complexity index is 427. The molecule has 0 saturated heterocycles. The third-order valence-electron chi connectivity index (χ3n) is 3.59. The first-order valence-electron chi connectivity index (χ1n) is 6.48. The molecule has 2 rings (SSSR count). The number of nitrogens with two attached hydrogens (primary N) is 1. The van der Waals surface area contributed by atoms with Gasteiger partial charge in [0, 0.05) is 13.1 Å². The van der Waals surface area contributed by atoms with Crippen molar-refractivity contribution < 1.29 is 9.32 Å². The van der Waals surface area contributed by atoms with Gasteiger partial charge >= 0.3 is 0 Å². The van der Waals surface area contributed by atoms with Crippen LogP contribution in [-0.4, -0.2) is 28.6 Å². The van der Waals surface area contributed by atoms with Gasteiger partial charge < -0.3 is 15.2 Å². The Labute approximate surface area is 119 Å². The number of carbonyl (C=O) groups is 1. The molecule has 1 fully saturated rings. The second kappa shape index (κ2) is 6.39. The van der Waals surface area contributed by atoms with Gasteiger partial charge in [-0.25, -0.2) is 0 Å². The van der Waals surface area contributed by atoms with Crippen molar-refractivity contribution >= 4 is 18.3 Å². The fourth-order valence-corrected chi connectivity index (χ4v) is 2.58. The first-order chi connectivity index (χ1) is 8.51. The monoisotopic (exact) mass is 287 g/mol. The lowest BCUT2D eigenvalue weighted by molar-refractivity contribution is -0.137. The highest BCUT2D eigenvalue weighted by atomic mass is 35.5. The third kappa shape index (κ3) is 3.70. The van der Waals surface area contributed by atoms with E-state index in [4.69, 9.17) is 10.3 Å². The topological polar surface area (TPSA) is 72.4 Å². The van der Waals surface area contributed by atoms with Gasteiger partial charge in [-0.1, -0.05) is 24.4 Å². The number of aromatic nitrogens is 1. The Hall–Kier alpha value is -1.07. The maximum atomic E-state index is 12.4. The Morgan fingerprint density at radius 1 is 1.47 bits per heavy atom. The van der Waals surface area contributed by atoms with Crippen molar-refractivity contribution in [2.75, 3.05) is 7.05 Å². The summed E-state index contributed by atoms with van der Waals surface area (Å²) in [5, 5.41) is 3.90. The van der Waals surface area contributed by atoms with Gasteiger partial charge in [-0.3, -0.25) is 4.79 Å². The maximum Gasteiger partial charge on any atom is 0.242 e. The molecule has 0 radical (unpaired) electrons. The number of hydrogen-bond acceptors (Lipinski definition) is 4. The van der Waals surface area contributed by atoms with Gasteiger partial charge in [0.05, 0.1) is 12.1 Å². The van der Waals surface area contributed by atoms with E-state index in [0.29, 0.717) is 6.54 Å². The number of rotatable bonds is 3. The van der Waals surface area contributed by atoms with Crippen LogP contribution in [-0.2, 0) is 11.3 Å². The van der Waals surface area contributed by atoms with E-state index < -0.39 is 5.54 Å². The zero-order valence-electron chi connectivity index (χ0n) is 11.5. The highest BCUT2D eigenvalue weighted by Crippen LogP contribution is 2.27. The Balaban J connectivity index is 0.00000180. The molecule has 1 aliphatic carbocycles.